The SMILES string of the molecule is CCN(CC)CCN(C(=O)c1cc(Cl)cc(Cl)c1)c1nc2c(OC)cccc2s1.Cl. The first-order valence-electron chi connectivity index (χ1n) is 9.40. The summed E-state index contributed by atoms with van der Waals surface area (Å²) < 4.78 is 6.39. The summed E-state index contributed by atoms with van der Waals surface area (Å²) in [4.78, 5) is 22.1. The van der Waals surface area contributed by atoms with Crippen LogP contribution in [0.15, 0.2) is 36.4 Å². The van der Waals surface area contributed by atoms with Crippen LogP contribution in [0.5, 0.6) is 5.75 Å². The van der Waals surface area contributed by atoms with E-state index in [9.17, 15) is 4.79 Å². The van der Waals surface area contributed by atoms with E-state index in [2.05, 4.69) is 18.7 Å². The number of ether oxygens (including phenoxy) is 1. The number of fused-ring (bicyclic) bond motifs is 1. The largest absolute Gasteiger partial charge is 0.494 e. The fraction of sp³-hybridized carbons (Fsp3) is 0.333. The summed E-state index contributed by atoms with van der Waals surface area (Å²) in [6, 6.07) is 10.6. The van der Waals surface area contributed by atoms with Crippen LogP contribution in [0.4, 0.5) is 5.13 Å². The number of methoxy groups -OCH3 is 1. The molecule has 30 heavy (non-hydrogen) atoms. The molecule has 0 fully saturated rings. The fourth-order valence-electron chi connectivity index (χ4n) is 3.09. The van der Waals surface area contributed by atoms with Gasteiger partial charge in [0.05, 0.1) is 11.8 Å². The van der Waals surface area contributed by atoms with E-state index < -0.39 is 0 Å². The lowest BCUT2D eigenvalue weighted by Crippen LogP contribution is -2.38. The van der Waals surface area contributed by atoms with Crippen molar-refractivity contribution in [1.82, 2.24) is 9.88 Å². The van der Waals surface area contributed by atoms with Gasteiger partial charge in [0.25, 0.3) is 5.91 Å². The zero-order chi connectivity index (χ0) is 21.0. The third-order valence-corrected chi connectivity index (χ3v) is 6.19. The Morgan fingerprint density at radius 3 is 2.37 bits per heavy atom. The number of thiazole rings is 1. The second-order valence-corrected chi connectivity index (χ2v) is 8.33. The first kappa shape index (κ1) is 24.7. The maximum atomic E-state index is 13.4. The Morgan fingerprint density at radius 1 is 1.10 bits per heavy atom. The Morgan fingerprint density at radius 2 is 1.77 bits per heavy atom. The topological polar surface area (TPSA) is 45.7 Å². The maximum Gasteiger partial charge on any atom is 0.260 e. The van der Waals surface area contributed by atoms with Gasteiger partial charge in [-0.25, -0.2) is 4.98 Å². The van der Waals surface area contributed by atoms with E-state index in [1.54, 1.807) is 30.2 Å². The van der Waals surface area contributed by atoms with Gasteiger partial charge in [-0.15, -0.1) is 12.4 Å². The summed E-state index contributed by atoms with van der Waals surface area (Å²) in [5.74, 6) is 0.506. The molecule has 0 saturated carbocycles. The molecule has 1 heterocycles. The van der Waals surface area contributed by atoms with Crippen molar-refractivity contribution in [1.29, 1.82) is 0 Å². The number of carbonyl (C=O) groups is 1. The summed E-state index contributed by atoms with van der Waals surface area (Å²) in [6.07, 6.45) is 0. The molecule has 0 saturated heterocycles. The van der Waals surface area contributed by atoms with Crippen molar-refractivity contribution in [3.8, 4) is 5.75 Å². The first-order valence-corrected chi connectivity index (χ1v) is 11.0. The van der Waals surface area contributed by atoms with Gasteiger partial charge >= 0.3 is 0 Å². The van der Waals surface area contributed by atoms with Crippen LogP contribution in [0.2, 0.25) is 10.0 Å². The monoisotopic (exact) mass is 487 g/mol. The van der Waals surface area contributed by atoms with Crippen LogP contribution in [0, 0.1) is 0 Å². The Bertz CT molecular complexity index is 988. The van der Waals surface area contributed by atoms with Crippen LogP contribution in [0.25, 0.3) is 10.2 Å². The summed E-state index contributed by atoms with van der Waals surface area (Å²) in [7, 11) is 1.62. The molecule has 3 rings (SSSR count). The second-order valence-electron chi connectivity index (χ2n) is 6.45. The number of likely N-dealkylation sites (N-methyl/N-ethyl adjacent to an activating group) is 1. The highest BCUT2D eigenvalue weighted by molar-refractivity contribution is 7.22. The number of hydrogen-bond donors (Lipinski definition) is 0. The van der Waals surface area contributed by atoms with Crippen LogP contribution in [-0.4, -0.2) is 49.1 Å². The number of rotatable bonds is 8. The molecule has 0 radical (unpaired) electrons. The fourth-order valence-corrected chi connectivity index (χ4v) is 4.62. The van der Waals surface area contributed by atoms with E-state index >= 15 is 0 Å². The standard InChI is InChI=1S/C21H23Cl2N3O2S.ClH/c1-4-25(5-2)9-10-26(20(27)14-11-15(22)13-16(23)12-14)21-24-19-17(28-3)7-6-8-18(19)29-21;/h6-8,11-13H,4-5,9-10H2,1-3H3;1H. The normalized spacial score (nSPS) is 10.9. The van der Waals surface area contributed by atoms with Gasteiger partial charge in [-0.1, -0.05) is 54.5 Å². The quantitative estimate of drug-likeness (QED) is 0.389. The molecule has 0 bridgehead atoms. The first-order chi connectivity index (χ1) is 14.0. The molecule has 2 aromatic carbocycles. The average Bonchev–Trinajstić information content (AvgIpc) is 3.14. The lowest BCUT2D eigenvalue weighted by molar-refractivity contribution is 0.0983. The molecule has 9 heteroatoms. The molecule has 5 nitrogen and oxygen atoms in total. The van der Waals surface area contributed by atoms with Gasteiger partial charge in [0.1, 0.15) is 11.3 Å². The molecular formula is C21H24Cl3N3O2S. The van der Waals surface area contributed by atoms with Crippen molar-refractivity contribution in [2.75, 3.05) is 38.2 Å². The van der Waals surface area contributed by atoms with Crippen LogP contribution in [-0.2, 0) is 0 Å². The molecule has 3 aromatic rings. The molecule has 0 unspecified atom stereocenters. The number of aromatic nitrogens is 1. The highest BCUT2D eigenvalue weighted by Crippen LogP contribution is 2.35. The highest BCUT2D eigenvalue weighted by atomic mass is 35.5. The van der Waals surface area contributed by atoms with Crippen LogP contribution >= 0.6 is 46.9 Å². The van der Waals surface area contributed by atoms with Gasteiger partial charge in [-0.3, -0.25) is 9.69 Å². The van der Waals surface area contributed by atoms with Crippen molar-refractivity contribution in [2.24, 2.45) is 0 Å². The summed E-state index contributed by atoms with van der Waals surface area (Å²) in [6.45, 7) is 7.28. The predicted molar refractivity (Wildman–Crippen MR) is 129 cm³/mol. The smallest absolute Gasteiger partial charge is 0.260 e. The molecule has 0 aliphatic carbocycles. The minimum atomic E-state index is -0.181. The molecule has 162 valence electrons. The van der Waals surface area contributed by atoms with Gasteiger partial charge in [0, 0.05) is 28.7 Å². The number of benzene rings is 2. The van der Waals surface area contributed by atoms with Crippen LogP contribution in [0.1, 0.15) is 24.2 Å². The Kier molecular flexibility index (Phi) is 9.19. The number of amides is 1. The number of hydrogen-bond acceptors (Lipinski definition) is 5. The van der Waals surface area contributed by atoms with E-state index in [-0.39, 0.29) is 18.3 Å². The zero-order valence-corrected chi connectivity index (χ0v) is 20.2. The minimum Gasteiger partial charge on any atom is -0.494 e. The van der Waals surface area contributed by atoms with E-state index in [0.29, 0.717) is 33.0 Å². The van der Waals surface area contributed by atoms with Crippen molar-refractivity contribution >= 4 is 68.2 Å². The Hall–Kier alpha value is -1.57. The molecule has 1 amide bonds. The third kappa shape index (κ3) is 5.56. The van der Waals surface area contributed by atoms with Gasteiger partial charge in [0.2, 0.25) is 0 Å². The lowest BCUT2D eigenvalue weighted by Gasteiger charge is -2.25. The van der Waals surface area contributed by atoms with Gasteiger partial charge in [-0.05, 0) is 43.4 Å². The molecule has 0 aliphatic rings. The number of para-hydroxylation sites is 1. The second kappa shape index (κ2) is 11.2. The maximum absolute atomic E-state index is 13.4. The van der Waals surface area contributed by atoms with Crippen molar-refractivity contribution in [3.63, 3.8) is 0 Å². The van der Waals surface area contributed by atoms with E-state index in [1.165, 1.54) is 11.3 Å². The minimum absolute atomic E-state index is 0. The van der Waals surface area contributed by atoms with E-state index in [0.717, 1.165) is 29.9 Å². The summed E-state index contributed by atoms with van der Waals surface area (Å²) in [5, 5.41) is 1.48. The number of nitrogens with zero attached hydrogens (tertiary/aromatic N) is 3. The number of anilines is 1. The molecule has 0 N–H and O–H groups in total. The molecule has 1 aromatic heterocycles. The summed E-state index contributed by atoms with van der Waals surface area (Å²) in [5.41, 5.74) is 1.19. The Balaban J connectivity index is 0.00000320. The molecule has 0 spiro atoms. The predicted octanol–water partition coefficient (Wildman–Crippen LogP) is 6.02. The Labute approximate surface area is 197 Å². The average molecular weight is 489 g/mol. The van der Waals surface area contributed by atoms with Gasteiger partial charge in [-0.2, -0.15) is 0 Å². The highest BCUT2D eigenvalue weighted by Gasteiger charge is 2.23. The van der Waals surface area contributed by atoms with Gasteiger partial charge < -0.3 is 9.64 Å². The van der Waals surface area contributed by atoms with E-state index in [1.807, 2.05) is 18.2 Å². The molecule has 0 atom stereocenters. The van der Waals surface area contributed by atoms with E-state index in [4.69, 9.17) is 32.9 Å². The van der Waals surface area contributed by atoms with Crippen molar-refractivity contribution < 1.29 is 9.53 Å². The third-order valence-electron chi connectivity index (χ3n) is 4.71. The van der Waals surface area contributed by atoms with Gasteiger partial charge in [0.15, 0.2) is 5.13 Å². The van der Waals surface area contributed by atoms with Crippen molar-refractivity contribution in [2.45, 2.75) is 13.8 Å². The number of halogens is 3. The zero-order valence-electron chi connectivity index (χ0n) is 17.0. The number of carbonyl (C=O) groups excluding carboxylic acids is 1. The van der Waals surface area contributed by atoms with Crippen LogP contribution < -0.4 is 9.64 Å². The summed E-state index contributed by atoms with van der Waals surface area (Å²) >= 11 is 13.7. The van der Waals surface area contributed by atoms with Crippen molar-refractivity contribution in [3.05, 3.63) is 52.0 Å². The lowest BCUT2D eigenvalue weighted by atomic mass is 10.2. The van der Waals surface area contributed by atoms with Crippen LogP contribution in [0.3, 0.4) is 0 Å². The molecule has 0 aliphatic heterocycles. The molecular weight excluding hydrogens is 465 g/mol.